The topological polar surface area (TPSA) is 111 Å². The molecule has 2 amide bonds. The molecular weight excluding hydrogens is 535 g/mol. The maximum Gasteiger partial charge on any atom is 0.253 e. The summed E-state index contributed by atoms with van der Waals surface area (Å²) in [5, 5.41) is 2.14. The van der Waals surface area contributed by atoms with Gasteiger partial charge in [0.1, 0.15) is 12.4 Å². The summed E-state index contributed by atoms with van der Waals surface area (Å²) in [5.41, 5.74) is 6.82. The number of thioether (sulfide) groups is 1. The number of benzene rings is 1. The van der Waals surface area contributed by atoms with Crippen molar-refractivity contribution in [3.05, 3.63) is 70.5 Å². The zero-order valence-electron chi connectivity index (χ0n) is 21.4. The summed E-state index contributed by atoms with van der Waals surface area (Å²) in [6, 6.07) is 0.355. The second-order valence-electron chi connectivity index (χ2n) is 9.50. The smallest absolute Gasteiger partial charge is 0.253 e. The minimum absolute atomic E-state index is 0.105. The molecule has 3 atom stereocenters. The Morgan fingerprint density at radius 2 is 1.92 bits per heavy atom. The molecule has 8 nitrogen and oxygen atoms in total. The van der Waals surface area contributed by atoms with Crippen molar-refractivity contribution >= 4 is 29.4 Å². The number of ether oxygens (including phenoxy) is 2. The van der Waals surface area contributed by atoms with Gasteiger partial charge in [-0.25, -0.2) is 13.2 Å². The largest absolute Gasteiger partial charge is 0.485 e. The van der Waals surface area contributed by atoms with Crippen molar-refractivity contribution in [1.29, 1.82) is 0 Å². The fourth-order valence-electron chi connectivity index (χ4n) is 4.44. The third-order valence-corrected chi connectivity index (χ3v) is 7.71. The number of amides is 2. The maximum absolute atomic E-state index is 13.9. The van der Waals surface area contributed by atoms with Crippen LogP contribution in [0, 0.1) is 17.5 Å². The van der Waals surface area contributed by atoms with Gasteiger partial charge in [0, 0.05) is 37.4 Å². The molecule has 210 valence electrons. The van der Waals surface area contributed by atoms with Gasteiger partial charge in [0.05, 0.1) is 0 Å². The Kier molecular flexibility index (Phi) is 9.39. The summed E-state index contributed by atoms with van der Waals surface area (Å²) in [6.07, 6.45) is 5.81. The molecule has 0 radical (unpaired) electrons. The highest BCUT2D eigenvalue weighted by Crippen LogP contribution is 2.28. The zero-order chi connectivity index (χ0) is 28.1. The number of fused-ring (bicyclic) bond motifs is 1. The average Bonchev–Trinajstić information content (AvgIpc) is 3.29. The van der Waals surface area contributed by atoms with E-state index in [0.717, 1.165) is 11.6 Å². The van der Waals surface area contributed by atoms with E-state index >= 15 is 0 Å². The summed E-state index contributed by atoms with van der Waals surface area (Å²) in [5.74, 6) is -2.56. The predicted molar refractivity (Wildman–Crippen MR) is 139 cm³/mol. The first-order chi connectivity index (χ1) is 18.6. The number of hydrogen-bond acceptors (Lipinski definition) is 7. The van der Waals surface area contributed by atoms with E-state index in [1.807, 2.05) is 18.2 Å². The van der Waals surface area contributed by atoms with Crippen LogP contribution in [0.25, 0.3) is 0 Å². The highest BCUT2D eigenvalue weighted by Gasteiger charge is 2.35. The minimum Gasteiger partial charge on any atom is -0.485 e. The summed E-state index contributed by atoms with van der Waals surface area (Å²) in [6.45, 7) is 2.28. The Balaban J connectivity index is 1.26. The number of halogens is 3. The molecule has 2 saturated heterocycles. The number of Topliss-reactive ketones (excluding diaryl/α,β-unsaturated/α-hetero) is 1. The van der Waals surface area contributed by atoms with Gasteiger partial charge in [0.2, 0.25) is 5.91 Å². The van der Waals surface area contributed by atoms with Crippen molar-refractivity contribution in [2.24, 2.45) is 5.73 Å². The summed E-state index contributed by atoms with van der Waals surface area (Å²) >= 11 is 1.33. The first-order valence-corrected chi connectivity index (χ1v) is 13.7. The van der Waals surface area contributed by atoms with Crippen LogP contribution in [0.15, 0.2) is 47.5 Å². The molecule has 0 aromatic heterocycles. The number of carbonyl (C=O) groups excluding carboxylic acids is 3. The number of allylic oxidation sites excluding steroid dienone is 3. The van der Waals surface area contributed by atoms with Gasteiger partial charge in [0.25, 0.3) is 5.91 Å². The molecule has 0 spiro atoms. The van der Waals surface area contributed by atoms with Gasteiger partial charge in [-0.2, -0.15) is 0 Å². The Morgan fingerprint density at radius 3 is 2.69 bits per heavy atom. The van der Waals surface area contributed by atoms with Crippen LogP contribution in [-0.2, 0) is 30.3 Å². The monoisotopic (exact) mass is 565 g/mol. The minimum atomic E-state index is -1.30. The molecule has 2 aliphatic heterocycles. The lowest BCUT2D eigenvalue weighted by Gasteiger charge is -2.26. The van der Waals surface area contributed by atoms with E-state index in [0.29, 0.717) is 49.3 Å². The number of nitrogens with one attached hydrogen (secondary N) is 1. The van der Waals surface area contributed by atoms with Gasteiger partial charge < -0.3 is 25.4 Å². The molecule has 2 heterocycles. The molecule has 39 heavy (non-hydrogen) atoms. The molecule has 12 heteroatoms. The van der Waals surface area contributed by atoms with Crippen LogP contribution >= 0.6 is 11.8 Å². The number of nitrogens with zero attached hydrogens (tertiary/aromatic N) is 1. The van der Waals surface area contributed by atoms with E-state index < -0.39 is 35.0 Å². The Morgan fingerprint density at radius 1 is 1.15 bits per heavy atom. The molecule has 3 unspecified atom stereocenters. The Hall–Kier alpha value is -3.25. The highest BCUT2D eigenvalue weighted by molar-refractivity contribution is 8.00. The molecule has 0 bridgehead atoms. The summed E-state index contributed by atoms with van der Waals surface area (Å²) in [7, 11) is 0. The lowest BCUT2D eigenvalue weighted by molar-refractivity contribution is -0.136. The van der Waals surface area contributed by atoms with Gasteiger partial charge in [-0.1, -0.05) is 6.08 Å². The third-order valence-electron chi connectivity index (χ3n) is 6.51. The lowest BCUT2D eigenvalue weighted by Crippen LogP contribution is -2.46. The van der Waals surface area contributed by atoms with Gasteiger partial charge in [0.15, 0.2) is 40.4 Å². The zero-order valence-corrected chi connectivity index (χ0v) is 22.2. The van der Waals surface area contributed by atoms with Gasteiger partial charge in [-0.3, -0.25) is 14.4 Å². The van der Waals surface area contributed by atoms with Gasteiger partial charge in [-0.15, -0.1) is 11.8 Å². The number of ketones is 1. The number of rotatable bonds is 9. The van der Waals surface area contributed by atoms with Crippen molar-refractivity contribution in [3.63, 3.8) is 0 Å². The molecule has 1 aromatic carbocycles. The second-order valence-corrected chi connectivity index (χ2v) is 10.7. The van der Waals surface area contributed by atoms with Crippen molar-refractivity contribution in [2.45, 2.75) is 50.1 Å². The summed E-state index contributed by atoms with van der Waals surface area (Å²) < 4.78 is 52.0. The molecule has 3 aliphatic rings. The van der Waals surface area contributed by atoms with E-state index in [2.05, 4.69) is 5.32 Å². The maximum atomic E-state index is 13.9. The van der Waals surface area contributed by atoms with E-state index in [4.69, 9.17) is 15.2 Å². The van der Waals surface area contributed by atoms with Crippen molar-refractivity contribution in [2.75, 3.05) is 25.4 Å². The van der Waals surface area contributed by atoms with Gasteiger partial charge >= 0.3 is 0 Å². The quantitative estimate of drug-likeness (QED) is 0.443. The third kappa shape index (κ3) is 7.24. The molecule has 2 fully saturated rings. The lowest BCUT2D eigenvalue weighted by atomic mass is 10.0. The second kappa shape index (κ2) is 12.7. The van der Waals surface area contributed by atoms with E-state index in [1.54, 1.807) is 0 Å². The van der Waals surface area contributed by atoms with Gasteiger partial charge in [-0.05, 0) is 55.5 Å². The van der Waals surface area contributed by atoms with Crippen LogP contribution in [0.5, 0.6) is 0 Å². The molecule has 3 N–H and O–H groups in total. The molecular formula is C27H30F3N3O5S. The SMILES string of the molecule is CC(=O)C1COC2=CC(CCNC(=O)C3SCCN3C(=O)CC(N)Cc3cc(F)c(F)cc3F)=CCC=C2O1. The number of carbonyl (C=O) groups is 3. The Bertz CT molecular complexity index is 1240. The predicted octanol–water partition coefficient (Wildman–Crippen LogP) is 2.87. The van der Waals surface area contributed by atoms with E-state index in [-0.39, 0.29) is 42.6 Å². The van der Waals surface area contributed by atoms with Crippen LogP contribution in [-0.4, -0.2) is 65.5 Å². The van der Waals surface area contributed by atoms with Crippen LogP contribution in [0.3, 0.4) is 0 Å². The van der Waals surface area contributed by atoms with Crippen molar-refractivity contribution in [3.8, 4) is 0 Å². The normalized spacial score (nSPS) is 21.4. The van der Waals surface area contributed by atoms with Crippen molar-refractivity contribution < 1.29 is 37.0 Å². The number of nitrogens with two attached hydrogens (primary N) is 1. The molecule has 1 aromatic rings. The van der Waals surface area contributed by atoms with E-state index in [9.17, 15) is 27.6 Å². The van der Waals surface area contributed by atoms with Crippen LogP contribution in [0.1, 0.15) is 31.7 Å². The highest BCUT2D eigenvalue weighted by atomic mass is 32.2. The fourth-order valence-corrected chi connectivity index (χ4v) is 5.60. The first kappa shape index (κ1) is 28.8. The first-order valence-electron chi connectivity index (χ1n) is 12.6. The van der Waals surface area contributed by atoms with E-state index in [1.165, 1.54) is 23.6 Å². The average molecular weight is 566 g/mol. The Labute approximate surface area is 228 Å². The van der Waals surface area contributed by atoms with Crippen LogP contribution in [0.4, 0.5) is 13.2 Å². The number of hydrogen-bond donors (Lipinski definition) is 2. The standard InChI is InChI=1S/C27H30F3N3O5S/c1-15(34)24-14-37-23-9-16(3-2-4-22(23)38-24)5-6-32-26(36)27-33(7-8-39-27)25(35)12-18(31)10-17-11-20(29)21(30)13-19(17)28/h3-4,9,11,13,18,24,27H,2,5-8,10,12,14,31H2,1H3,(H,32,36). The van der Waals surface area contributed by atoms with Crippen LogP contribution < -0.4 is 11.1 Å². The fraction of sp³-hybridized carbons (Fsp3) is 0.444. The molecule has 1 aliphatic carbocycles. The van der Waals surface area contributed by atoms with Crippen molar-refractivity contribution in [1.82, 2.24) is 10.2 Å². The van der Waals surface area contributed by atoms with Crippen LogP contribution in [0.2, 0.25) is 0 Å². The summed E-state index contributed by atoms with van der Waals surface area (Å²) in [4.78, 5) is 38.8. The molecule has 0 saturated carbocycles. The molecule has 4 rings (SSSR count).